The number of carbonyl (C=O) groups is 1. The van der Waals surface area contributed by atoms with E-state index in [1.807, 2.05) is 0 Å². The molecule has 2 aliphatic carbocycles. The number of nitrogens with zero attached hydrogens (tertiary/aromatic N) is 2. The summed E-state index contributed by atoms with van der Waals surface area (Å²) in [6.07, 6.45) is 5.88. The van der Waals surface area contributed by atoms with E-state index in [9.17, 15) is 14.9 Å². The highest BCUT2D eigenvalue weighted by Gasteiger charge is 2.64. The van der Waals surface area contributed by atoms with Crippen molar-refractivity contribution in [3.63, 3.8) is 0 Å². The quantitative estimate of drug-likeness (QED) is 0.523. The Morgan fingerprint density at radius 1 is 1.57 bits per heavy atom. The van der Waals surface area contributed by atoms with Crippen molar-refractivity contribution in [1.29, 1.82) is 0 Å². The highest BCUT2D eigenvalue weighted by Crippen LogP contribution is 2.66. The average molecular weight is 291 g/mol. The van der Waals surface area contributed by atoms with Crippen LogP contribution in [-0.2, 0) is 4.79 Å². The van der Waals surface area contributed by atoms with E-state index in [-0.39, 0.29) is 28.9 Å². The highest BCUT2D eigenvalue weighted by atomic mass is 16.6. The van der Waals surface area contributed by atoms with Crippen LogP contribution in [0.1, 0.15) is 38.4 Å². The Kier molecular flexibility index (Phi) is 3.27. The maximum absolute atomic E-state index is 12.1. The molecule has 1 N–H and O–H groups in total. The predicted octanol–water partition coefficient (Wildman–Crippen LogP) is 2.46. The maximum atomic E-state index is 12.1. The van der Waals surface area contributed by atoms with Gasteiger partial charge in [-0.25, -0.2) is 5.43 Å². The van der Waals surface area contributed by atoms with Gasteiger partial charge in [-0.05, 0) is 30.2 Å². The number of hydrazone groups is 1. The summed E-state index contributed by atoms with van der Waals surface area (Å²) >= 11 is 0. The van der Waals surface area contributed by atoms with E-state index in [0.29, 0.717) is 5.92 Å². The lowest BCUT2D eigenvalue weighted by Gasteiger charge is -2.15. The van der Waals surface area contributed by atoms with Crippen LogP contribution in [0.25, 0.3) is 0 Å². The van der Waals surface area contributed by atoms with Crippen LogP contribution in [0.15, 0.2) is 21.7 Å². The molecule has 7 nitrogen and oxygen atoms in total. The third-order valence-corrected chi connectivity index (χ3v) is 4.77. The molecular formula is C14H17N3O4. The molecule has 1 amide bonds. The zero-order valence-corrected chi connectivity index (χ0v) is 11.7. The summed E-state index contributed by atoms with van der Waals surface area (Å²) in [6.45, 7) is 2.17. The number of hydrogen-bond donors (Lipinski definition) is 1. The zero-order chi connectivity index (χ0) is 15.0. The normalized spacial score (nSPS) is 30.9. The van der Waals surface area contributed by atoms with Gasteiger partial charge in [-0.2, -0.15) is 5.10 Å². The maximum Gasteiger partial charge on any atom is 0.433 e. The molecule has 1 aromatic heterocycles. The van der Waals surface area contributed by atoms with E-state index >= 15 is 0 Å². The molecule has 2 aliphatic rings. The van der Waals surface area contributed by atoms with Crippen LogP contribution in [0.2, 0.25) is 0 Å². The number of fused-ring (bicyclic) bond motifs is 1. The third kappa shape index (κ3) is 2.43. The molecule has 0 radical (unpaired) electrons. The van der Waals surface area contributed by atoms with E-state index in [0.717, 1.165) is 12.8 Å². The van der Waals surface area contributed by atoms with Crippen LogP contribution < -0.4 is 5.43 Å². The van der Waals surface area contributed by atoms with Crippen molar-refractivity contribution in [1.82, 2.24) is 5.43 Å². The fourth-order valence-electron chi connectivity index (χ4n) is 3.59. The van der Waals surface area contributed by atoms with Crippen molar-refractivity contribution < 1.29 is 14.1 Å². The minimum atomic E-state index is -0.619. The zero-order valence-electron chi connectivity index (χ0n) is 11.7. The number of hydrogen-bond acceptors (Lipinski definition) is 5. The fraction of sp³-hybridized carbons (Fsp3) is 0.571. The molecule has 21 heavy (non-hydrogen) atoms. The molecule has 0 saturated heterocycles. The SMILES string of the molecule is C[C@]12CCCC[C@@H]1[C@H]2C(=O)N/N=C\c1ccc([N+](=O)[O-])o1. The largest absolute Gasteiger partial charge is 0.433 e. The summed E-state index contributed by atoms with van der Waals surface area (Å²) in [5.74, 6) is 0.348. The molecule has 2 fully saturated rings. The molecule has 0 bridgehead atoms. The van der Waals surface area contributed by atoms with E-state index < -0.39 is 4.92 Å². The van der Waals surface area contributed by atoms with Gasteiger partial charge in [0.25, 0.3) is 0 Å². The topological polar surface area (TPSA) is 97.7 Å². The number of carbonyl (C=O) groups excluding carboxylic acids is 1. The van der Waals surface area contributed by atoms with Crippen LogP contribution >= 0.6 is 0 Å². The Balaban J connectivity index is 1.56. The van der Waals surface area contributed by atoms with Gasteiger partial charge < -0.3 is 4.42 Å². The van der Waals surface area contributed by atoms with Gasteiger partial charge in [-0.15, -0.1) is 0 Å². The van der Waals surface area contributed by atoms with Crippen molar-refractivity contribution in [2.45, 2.75) is 32.6 Å². The smallest absolute Gasteiger partial charge is 0.400 e. The van der Waals surface area contributed by atoms with E-state index in [1.54, 1.807) is 0 Å². The summed E-state index contributed by atoms with van der Waals surface area (Å²) in [5, 5.41) is 14.3. The van der Waals surface area contributed by atoms with Crippen molar-refractivity contribution >= 4 is 18.0 Å². The lowest BCUT2D eigenvalue weighted by atomic mass is 9.90. The Morgan fingerprint density at radius 2 is 2.38 bits per heavy atom. The first-order valence-electron chi connectivity index (χ1n) is 7.09. The van der Waals surface area contributed by atoms with Gasteiger partial charge in [0, 0.05) is 5.92 Å². The molecule has 112 valence electrons. The Labute approximate surface area is 121 Å². The second-order valence-corrected chi connectivity index (χ2v) is 6.00. The summed E-state index contributed by atoms with van der Waals surface area (Å²) in [5.41, 5.74) is 2.65. The Hall–Kier alpha value is -2.18. The van der Waals surface area contributed by atoms with Gasteiger partial charge in [-0.1, -0.05) is 19.8 Å². The van der Waals surface area contributed by atoms with E-state index in [4.69, 9.17) is 4.42 Å². The summed E-state index contributed by atoms with van der Waals surface area (Å²) in [6, 6.07) is 2.69. The van der Waals surface area contributed by atoms with Crippen LogP contribution in [-0.4, -0.2) is 17.0 Å². The van der Waals surface area contributed by atoms with Gasteiger partial charge in [0.1, 0.15) is 4.92 Å². The van der Waals surface area contributed by atoms with Crippen LogP contribution in [0.4, 0.5) is 5.88 Å². The molecule has 0 aromatic carbocycles. The number of nitro groups is 1. The minimum Gasteiger partial charge on any atom is -0.400 e. The molecule has 3 rings (SSSR count). The third-order valence-electron chi connectivity index (χ3n) is 4.77. The average Bonchev–Trinajstić information content (AvgIpc) is 2.80. The van der Waals surface area contributed by atoms with Gasteiger partial charge in [0.2, 0.25) is 5.91 Å². The Bertz CT molecular complexity index is 609. The Morgan fingerprint density at radius 3 is 3.00 bits per heavy atom. The molecule has 0 aliphatic heterocycles. The number of nitrogens with one attached hydrogen (secondary N) is 1. The minimum absolute atomic E-state index is 0.0445. The van der Waals surface area contributed by atoms with Crippen LogP contribution in [0.3, 0.4) is 0 Å². The standard InChI is InChI=1S/C14H17N3O4/c1-14-7-3-2-4-10(14)12(14)13(18)16-15-8-9-5-6-11(21-9)17(19)20/h5-6,8,10,12H,2-4,7H2,1H3,(H,16,18)/b15-8-/t10-,12+,14+/m1/s1. The fourth-order valence-corrected chi connectivity index (χ4v) is 3.59. The van der Waals surface area contributed by atoms with Crippen molar-refractivity contribution in [3.05, 3.63) is 28.0 Å². The summed E-state index contributed by atoms with van der Waals surface area (Å²) in [7, 11) is 0. The molecule has 3 atom stereocenters. The van der Waals surface area contributed by atoms with E-state index in [2.05, 4.69) is 17.5 Å². The van der Waals surface area contributed by atoms with Crippen molar-refractivity contribution in [2.75, 3.05) is 0 Å². The molecule has 0 unspecified atom stereocenters. The summed E-state index contributed by atoms with van der Waals surface area (Å²) < 4.78 is 4.92. The molecule has 1 aromatic rings. The first kappa shape index (κ1) is 13.8. The van der Waals surface area contributed by atoms with Gasteiger partial charge in [0.05, 0.1) is 12.3 Å². The lowest BCUT2D eigenvalue weighted by Crippen LogP contribution is -2.22. The number of rotatable bonds is 4. The second-order valence-electron chi connectivity index (χ2n) is 6.00. The number of amides is 1. The highest BCUT2D eigenvalue weighted by molar-refractivity contribution is 5.85. The van der Waals surface area contributed by atoms with Gasteiger partial charge >= 0.3 is 5.88 Å². The van der Waals surface area contributed by atoms with Crippen molar-refractivity contribution in [3.8, 4) is 0 Å². The van der Waals surface area contributed by atoms with Crippen LogP contribution in [0, 0.1) is 27.4 Å². The molecule has 1 heterocycles. The first-order chi connectivity index (χ1) is 10.0. The van der Waals surface area contributed by atoms with Gasteiger partial charge in [-0.3, -0.25) is 14.9 Å². The monoisotopic (exact) mass is 291 g/mol. The molecule has 7 heteroatoms. The van der Waals surface area contributed by atoms with E-state index in [1.165, 1.54) is 31.2 Å². The molecule has 2 saturated carbocycles. The number of furan rings is 1. The van der Waals surface area contributed by atoms with Crippen LogP contribution in [0.5, 0.6) is 0 Å². The summed E-state index contributed by atoms with van der Waals surface area (Å²) in [4.78, 5) is 22.0. The predicted molar refractivity (Wildman–Crippen MR) is 74.7 cm³/mol. The van der Waals surface area contributed by atoms with Crippen molar-refractivity contribution in [2.24, 2.45) is 22.4 Å². The molecule has 0 spiro atoms. The van der Waals surface area contributed by atoms with Gasteiger partial charge in [0.15, 0.2) is 5.76 Å². The first-order valence-corrected chi connectivity index (χ1v) is 7.09. The lowest BCUT2D eigenvalue weighted by molar-refractivity contribution is -0.402. The second kappa shape index (κ2) is 4.98. The molecular weight excluding hydrogens is 274 g/mol.